The molecule has 5 aliphatic carbocycles. The average Bonchev–Trinajstić information content (AvgIpc) is 0.727. The number of hydrogen-bond donors (Lipinski definition) is 17. The molecule has 540 valence electrons. The average molecular weight is 1350 g/mol. The zero-order chi connectivity index (χ0) is 68.4. The van der Waals surface area contributed by atoms with Crippen molar-refractivity contribution >= 4 is 5.97 Å². The Kier molecular flexibility index (Phi) is 21.4. The van der Waals surface area contributed by atoms with Crippen LogP contribution in [0.1, 0.15) is 120 Å². The molecule has 10 fully saturated rings. The van der Waals surface area contributed by atoms with E-state index >= 15 is 4.79 Å². The molecule has 0 spiro atoms. The Balaban J connectivity index is 0.828. The molecular formula is C64H104O30. The maximum Gasteiger partial charge on any atom is 0.315 e. The summed E-state index contributed by atoms with van der Waals surface area (Å²) >= 11 is 0. The molecule has 0 bridgehead atoms. The van der Waals surface area contributed by atoms with Crippen molar-refractivity contribution in [2.24, 2.45) is 50.2 Å². The van der Waals surface area contributed by atoms with Crippen LogP contribution in [0.25, 0.3) is 0 Å². The van der Waals surface area contributed by atoms with Gasteiger partial charge in [0.25, 0.3) is 0 Å². The van der Waals surface area contributed by atoms with Gasteiger partial charge in [-0.25, -0.2) is 0 Å². The van der Waals surface area contributed by atoms with Crippen LogP contribution < -0.4 is 0 Å². The summed E-state index contributed by atoms with van der Waals surface area (Å²) in [7, 11) is 0. The molecule has 30 heteroatoms. The number of carbonyl (C=O) groups is 1. The highest BCUT2D eigenvalue weighted by Gasteiger charge is 2.71. The lowest BCUT2D eigenvalue weighted by atomic mass is 9.33. The van der Waals surface area contributed by atoms with Crippen LogP contribution >= 0.6 is 0 Å². The second-order valence-corrected chi connectivity index (χ2v) is 30.8. The van der Waals surface area contributed by atoms with Gasteiger partial charge in [-0.15, -0.1) is 0 Å². The molecule has 6 aliphatic heterocycles. The maximum atomic E-state index is 15.8. The summed E-state index contributed by atoms with van der Waals surface area (Å²) in [5.41, 5.74) is -2.43. The van der Waals surface area contributed by atoms with E-state index in [1.54, 1.807) is 0 Å². The molecule has 0 amide bonds. The molecular weight excluding hydrogens is 1250 g/mol. The van der Waals surface area contributed by atoms with E-state index < -0.39 is 220 Å². The number of carbonyl (C=O) groups excluding carboxylic acids is 1. The van der Waals surface area contributed by atoms with Gasteiger partial charge in [0.05, 0.1) is 56.8 Å². The van der Waals surface area contributed by atoms with E-state index in [4.69, 9.17) is 56.8 Å². The molecule has 0 radical (unpaired) electrons. The summed E-state index contributed by atoms with van der Waals surface area (Å²) in [5.74, 6) is -1.13. The first kappa shape index (κ1) is 73.3. The third-order valence-electron chi connectivity index (χ3n) is 25.0. The number of ether oxygens (including phenoxy) is 12. The monoisotopic (exact) mass is 1350 g/mol. The lowest BCUT2D eigenvalue weighted by molar-refractivity contribution is -0.365. The lowest BCUT2D eigenvalue weighted by Gasteiger charge is -2.71. The molecule has 94 heavy (non-hydrogen) atoms. The van der Waals surface area contributed by atoms with Crippen LogP contribution in [-0.2, 0) is 61.6 Å². The summed E-state index contributed by atoms with van der Waals surface area (Å²) in [6, 6.07) is 0. The van der Waals surface area contributed by atoms with E-state index in [9.17, 15) is 86.8 Å². The van der Waals surface area contributed by atoms with Crippen molar-refractivity contribution in [2.45, 2.75) is 298 Å². The van der Waals surface area contributed by atoms with Crippen molar-refractivity contribution in [2.75, 3.05) is 33.0 Å². The summed E-state index contributed by atoms with van der Waals surface area (Å²) in [4.78, 5) is 15.8. The van der Waals surface area contributed by atoms with Gasteiger partial charge in [-0.2, -0.15) is 0 Å². The minimum Gasteiger partial charge on any atom is -0.432 e. The molecule has 11 rings (SSSR count). The fourth-order valence-electron chi connectivity index (χ4n) is 18.8. The van der Waals surface area contributed by atoms with Crippen LogP contribution in [0.4, 0.5) is 0 Å². The Morgan fingerprint density at radius 2 is 1.04 bits per heavy atom. The molecule has 37 unspecified atom stereocenters. The molecule has 4 saturated carbocycles. The van der Waals surface area contributed by atoms with Crippen LogP contribution in [0.15, 0.2) is 11.6 Å². The van der Waals surface area contributed by atoms with E-state index in [1.807, 2.05) is 6.92 Å². The smallest absolute Gasteiger partial charge is 0.315 e. The molecule has 0 aromatic carbocycles. The second kappa shape index (κ2) is 27.5. The first-order valence-electron chi connectivity index (χ1n) is 33.5. The summed E-state index contributed by atoms with van der Waals surface area (Å²) in [6.07, 6.45) is -37.9. The molecule has 37 atom stereocenters. The molecule has 0 aromatic rings. The van der Waals surface area contributed by atoms with Crippen molar-refractivity contribution < 1.29 is 148 Å². The van der Waals surface area contributed by atoms with Crippen LogP contribution in [0.5, 0.6) is 0 Å². The van der Waals surface area contributed by atoms with Gasteiger partial charge >= 0.3 is 5.97 Å². The van der Waals surface area contributed by atoms with Gasteiger partial charge in [0.15, 0.2) is 37.6 Å². The predicted molar refractivity (Wildman–Crippen MR) is 315 cm³/mol. The zero-order valence-corrected chi connectivity index (χ0v) is 54.6. The minimum atomic E-state index is -2.01. The Morgan fingerprint density at radius 3 is 1.65 bits per heavy atom. The molecule has 30 nitrogen and oxygen atoms in total. The minimum absolute atomic E-state index is 0.0633. The van der Waals surface area contributed by atoms with Crippen LogP contribution in [-0.4, -0.2) is 304 Å². The van der Waals surface area contributed by atoms with Gasteiger partial charge < -0.3 is 144 Å². The highest BCUT2D eigenvalue weighted by molar-refractivity contribution is 5.79. The number of fused-ring (bicyclic) bond motifs is 7. The Morgan fingerprint density at radius 1 is 0.511 bits per heavy atom. The molecule has 0 aromatic heterocycles. The second-order valence-electron chi connectivity index (χ2n) is 30.8. The highest BCUT2D eigenvalue weighted by Crippen LogP contribution is 2.76. The SMILES string of the molecule is CC1OC(OC2C(CO)OC(OCC3OC(OC(=O)C45CCC(C)(C)CC4C4=CCC6C7(C)CCC(OC8OCC(O)C(O)C8OC8OC(C)C(O)C(O)C8O)C(C)(CO)C7CCC6(C)C4(C)CC5)C(OC4OC(CO)C(O)C4O)C(O)C3O)C(O)C2O)C(O)C(O)C1O. The third kappa shape index (κ3) is 12.4. The molecule has 11 aliphatic rings. The fraction of sp³-hybridized carbons (Fsp3) is 0.953. The number of esters is 1. The van der Waals surface area contributed by atoms with E-state index in [0.29, 0.717) is 57.8 Å². The predicted octanol–water partition coefficient (Wildman–Crippen LogP) is -4.08. The molecule has 17 N–H and O–H groups in total. The van der Waals surface area contributed by atoms with Gasteiger partial charge in [0.1, 0.15) is 116 Å². The number of aliphatic hydroxyl groups is 17. The van der Waals surface area contributed by atoms with E-state index in [1.165, 1.54) is 13.8 Å². The molecule has 6 heterocycles. The van der Waals surface area contributed by atoms with Gasteiger partial charge in [0, 0.05) is 5.41 Å². The highest BCUT2D eigenvalue weighted by atomic mass is 16.8. The first-order valence-corrected chi connectivity index (χ1v) is 33.5. The van der Waals surface area contributed by atoms with Crippen LogP contribution in [0.2, 0.25) is 0 Å². The summed E-state index contributed by atoms with van der Waals surface area (Å²) < 4.78 is 72.1. The van der Waals surface area contributed by atoms with Gasteiger partial charge in [-0.05, 0) is 117 Å². The van der Waals surface area contributed by atoms with Crippen molar-refractivity contribution in [3.63, 3.8) is 0 Å². The zero-order valence-electron chi connectivity index (χ0n) is 54.6. The number of allylic oxidation sites excluding steroid dienone is 2. The lowest BCUT2D eigenvalue weighted by Crippen LogP contribution is -2.67. The quantitative estimate of drug-likeness (QED) is 0.0397. The van der Waals surface area contributed by atoms with Crippen molar-refractivity contribution in [3.05, 3.63) is 11.6 Å². The maximum absolute atomic E-state index is 15.8. The number of rotatable bonds is 16. The normalized spacial score (nSPS) is 55.1. The third-order valence-corrected chi connectivity index (χ3v) is 25.0. The number of aliphatic hydroxyl groups excluding tert-OH is 17. The Labute approximate surface area is 545 Å². The molecule has 6 saturated heterocycles. The van der Waals surface area contributed by atoms with Crippen molar-refractivity contribution in [3.8, 4) is 0 Å². The fourth-order valence-corrected chi connectivity index (χ4v) is 18.8. The van der Waals surface area contributed by atoms with Crippen molar-refractivity contribution in [1.29, 1.82) is 0 Å². The van der Waals surface area contributed by atoms with Crippen LogP contribution in [0.3, 0.4) is 0 Å². The van der Waals surface area contributed by atoms with E-state index in [-0.39, 0.29) is 47.2 Å². The Bertz CT molecular complexity index is 2640. The van der Waals surface area contributed by atoms with Gasteiger partial charge in [-0.3, -0.25) is 4.79 Å². The van der Waals surface area contributed by atoms with Crippen molar-refractivity contribution in [1.82, 2.24) is 0 Å². The summed E-state index contributed by atoms with van der Waals surface area (Å²) in [5, 5.41) is 185. The van der Waals surface area contributed by atoms with Gasteiger partial charge in [0.2, 0.25) is 6.29 Å². The summed E-state index contributed by atoms with van der Waals surface area (Å²) in [6.45, 7) is 13.3. The first-order chi connectivity index (χ1) is 44.1. The van der Waals surface area contributed by atoms with Gasteiger partial charge in [-0.1, -0.05) is 53.2 Å². The van der Waals surface area contributed by atoms with Crippen LogP contribution in [0, 0.1) is 50.2 Å². The largest absolute Gasteiger partial charge is 0.432 e. The Hall–Kier alpha value is -1.91. The topological polar surface area (TPSA) is 472 Å². The standard InChI is InChI=1S/C64H104O30/c1-25-36(69)41(74)46(79)53(85-25)91-49-31(21-66)88-52(48(81)44(49)77)84-23-32-40(73)43(76)51(93-55-45(78)39(72)30(20-65)87-55)57(89-32)94-58(82)64-17-15-59(3,4)19-28(64)27-9-10-34-60(5)13-12-35(61(6,24-67)33(60)11-14-63(34,8)62(27,7)16-18-64)90-56-50(38(71)29(68)22-83-56)92-54-47(80)42(75)37(70)26(2)86-54/h9,25-26,28-57,65-81H,10-24H2,1-8H3. The number of hydrogen-bond acceptors (Lipinski definition) is 30. The van der Waals surface area contributed by atoms with E-state index in [0.717, 1.165) is 12.0 Å². The van der Waals surface area contributed by atoms with E-state index in [2.05, 4.69) is 40.7 Å².